The van der Waals surface area contributed by atoms with Crippen LogP contribution in [0.4, 0.5) is 10.8 Å². The van der Waals surface area contributed by atoms with E-state index >= 15 is 0 Å². The molecule has 3 aromatic rings. The highest BCUT2D eigenvalue weighted by atomic mass is 32.2. The number of amides is 1. The zero-order chi connectivity index (χ0) is 19.9. The van der Waals surface area contributed by atoms with Gasteiger partial charge in [-0.3, -0.25) is 9.48 Å². The van der Waals surface area contributed by atoms with Gasteiger partial charge in [-0.2, -0.15) is 5.10 Å². The largest absolute Gasteiger partial charge is 0.355 e. The first kappa shape index (κ1) is 20.3. The molecular weight excluding hydrogens is 392 g/mol. The Labute approximate surface area is 173 Å². The molecule has 9 heteroatoms. The van der Waals surface area contributed by atoms with Crippen molar-refractivity contribution in [2.75, 3.05) is 17.6 Å². The van der Waals surface area contributed by atoms with Crippen LogP contribution in [0.5, 0.6) is 0 Å². The lowest BCUT2D eigenvalue weighted by atomic mass is 10.2. The lowest BCUT2D eigenvalue weighted by Gasteiger charge is -2.06. The van der Waals surface area contributed by atoms with Crippen molar-refractivity contribution in [1.82, 2.24) is 25.3 Å². The van der Waals surface area contributed by atoms with Crippen molar-refractivity contribution in [3.63, 3.8) is 0 Å². The number of hydrogen-bond acceptors (Lipinski definition) is 7. The van der Waals surface area contributed by atoms with E-state index in [0.29, 0.717) is 12.3 Å². The van der Waals surface area contributed by atoms with Gasteiger partial charge in [0, 0.05) is 24.5 Å². The summed E-state index contributed by atoms with van der Waals surface area (Å²) >= 11 is 2.84. The fraction of sp³-hybridized carbons (Fsp3) is 0.368. The molecule has 0 aliphatic rings. The smallest absolute Gasteiger partial charge is 0.230 e. The summed E-state index contributed by atoms with van der Waals surface area (Å²) < 4.78 is 2.74. The standard InChI is InChI=1S/C19H24N6OS2/c1-13-6-4-7-16(10-13)21-18-22-23-19(28-18)27-12-17(26)20-8-5-9-25-15(3)11-14(2)24-25/h4,6-7,10-11H,5,8-9,12H2,1-3H3,(H,20,26)(H,21,22). The second-order valence-corrected chi connectivity index (χ2v) is 8.71. The van der Waals surface area contributed by atoms with Crippen molar-refractivity contribution in [2.24, 2.45) is 0 Å². The van der Waals surface area contributed by atoms with Crippen molar-refractivity contribution in [2.45, 2.75) is 38.1 Å². The molecule has 0 saturated carbocycles. The molecule has 0 spiro atoms. The number of carbonyl (C=O) groups excluding carboxylic acids is 1. The summed E-state index contributed by atoms with van der Waals surface area (Å²) in [5.41, 5.74) is 4.32. The summed E-state index contributed by atoms with van der Waals surface area (Å²) in [6.45, 7) is 7.51. The molecular formula is C19H24N6OS2. The lowest BCUT2D eigenvalue weighted by molar-refractivity contribution is -0.118. The third-order valence-electron chi connectivity index (χ3n) is 3.97. The van der Waals surface area contributed by atoms with Gasteiger partial charge in [-0.15, -0.1) is 10.2 Å². The van der Waals surface area contributed by atoms with Crippen LogP contribution in [0.2, 0.25) is 0 Å². The van der Waals surface area contributed by atoms with Gasteiger partial charge < -0.3 is 10.6 Å². The van der Waals surface area contributed by atoms with E-state index in [4.69, 9.17) is 0 Å². The van der Waals surface area contributed by atoms with Gasteiger partial charge >= 0.3 is 0 Å². The Morgan fingerprint density at radius 3 is 2.82 bits per heavy atom. The van der Waals surface area contributed by atoms with Gasteiger partial charge in [-0.25, -0.2) is 0 Å². The molecule has 148 valence electrons. The maximum Gasteiger partial charge on any atom is 0.230 e. The molecule has 0 bridgehead atoms. The zero-order valence-corrected chi connectivity index (χ0v) is 17.9. The number of nitrogens with one attached hydrogen (secondary N) is 2. The zero-order valence-electron chi connectivity index (χ0n) is 16.2. The highest BCUT2D eigenvalue weighted by molar-refractivity contribution is 8.01. The first-order valence-electron chi connectivity index (χ1n) is 9.07. The number of rotatable bonds is 9. The molecule has 0 radical (unpaired) electrons. The maximum atomic E-state index is 12.0. The van der Waals surface area contributed by atoms with E-state index in [1.165, 1.54) is 28.7 Å². The van der Waals surface area contributed by atoms with E-state index in [0.717, 1.165) is 39.5 Å². The molecule has 3 rings (SSSR count). The van der Waals surface area contributed by atoms with Crippen LogP contribution in [-0.2, 0) is 11.3 Å². The summed E-state index contributed by atoms with van der Waals surface area (Å²) in [5.74, 6) is 0.334. The van der Waals surface area contributed by atoms with Crippen LogP contribution >= 0.6 is 23.1 Å². The number of anilines is 2. The van der Waals surface area contributed by atoms with E-state index in [1.54, 1.807) is 0 Å². The molecule has 2 aromatic heterocycles. The maximum absolute atomic E-state index is 12.0. The number of aromatic nitrogens is 4. The second kappa shape index (κ2) is 9.70. The number of thioether (sulfide) groups is 1. The van der Waals surface area contributed by atoms with E-state index in [1.807, 2.05) is 49.7 Å². The fourth-order valence-corrected chi connectivity index (χ4v) is 4.30. The van der Waals surface area contributed by atoms with Crippen LogP contribution in [-0.4, -0.2) is 38.2 Å². The first-order chi connectivity index (χ1) is 13.5. The van der Waals surface area contributed by atoms with Crippen molar-refractivity contribution in [3.8, 4) is 0 Å². The van der Waals surface area contributed by atoms with Crippen molar-refractivity contribution < 1.29 is 4.79 Å². The number of carbonyl (C=O) groups is 1. The minimum Gasteiger partial charge on any atom is -0.355 e. The van der Waals surface area contributed by atoms with Gasteiger partial charge in [0.1, 0.15) is 0 Å². The average Bonchev–Trinajstić information content (AvgIpc) is 3.22. The second-order valence-electron chi connectivity index (χ2n) is 6.51. The quantitative estimate of drug-likeness (QED) is 0.409. The van der Waals surface area contributed by atoms with E-state index < -0.39 is 0 Å². The van der Waals surface area contributed by atoms with Gasteiger partial charge in [-0.1, -0.05) is 35.2 Å². The third kappa shape index (κ3) is 6.07. The van der Waals surface area contributed by atoms with Gasteiger partial charge in [0.05, 0.1) is 11.4 Å². The number of benzene rings is 1. The molecule has 1 amide bonds. The highest BCUT2D eigenvalue weighted by Gasteiger charge is 2.09. The topological polar surface area (TPSA) is 84.7 Å². The van der Waals surface area contributed by atoms with Crippen LogP contribution in [0.15, 0.2) is 34.7 Å². The van der Waals surface area contributed by atoms with E-state index in [9.17, 15) is 4.79 Å². The van der Waals surface area contributed by atoms with Crippen LogP contribution in [0.3, 0.4) is 0 Å². The Bertz CT molecular complexity index is 936. The summed E-state index contributed by atoms with van der Waals surface area (Å²) in [4.78, 5) is 12.0. The van der Waals surface area contributed by atoms with Gasteiger partial charge in [-0.05, 0) is 51.0 Å². The summed E-state index contributed by atoms with van der Waals surface area (Å²) in [7, 11) is 0. The monoisotopic (exact) mass is 416 g/mol. The minimum absolute atomic E-state index is 0.00163. The van der Waals surface area contributed by atoms with Crippen LogP contribution in [0, 0.1) is 20.8 Å². The summed E-state index contributed by atoms with van der Waals surface area (Å²) in [6.07, 6.45) is 0.849. The first-order valence-corrected chi connectivity index (χ1v) is 10.9. The van der Waals surface area contributed by atoms with Gasteiger partial charge in [0.2, 0.25) is 11.0 Å². The normalized spacial score (nSPS) is 10.8. The Hall–Kier alpha value is -2.39. The Morgan fingerprint density at radius 2 is 2.07 bits per heavy atom. The number of hydrogen-bond donors (Lipinski definition) is 2. The minimum atomic E-state index is 0.00163. The molecule has 2 heterocycles. The molecule has 1 aromatic carbocycles. The molecule has 7 nitrogen and oxygen atoms in total. The van der Waals surface area contributed by atoms with E-state index in [-0.39, 0.29) is 5.91 Å². The third-order valence-corrected chi connectivity index (χ3v) is 5.95. The molecule has 0 unspecified atom stereocenters. The highest BCUT2D eigenvalue weighted by Crippen LogP contribution is 2.27. The molecule has 28 heavy (non-hydrogen) atoms. The van der Waals surface area contributed by atoms with Gasteiger partial charge in [0.15, 0.2) is 4.34 Å². The van der Waals surface area contributed by atoms with Crippen LogP contribution in [0.1, 0.15) is 23.4 Å². The molecule has 0 aliphatic carbocycles. The van der Waals surface area contributed by atoms with Crippen LogP contribution in [0.25, 0.3) is 0 Å². The number of aryl methyl sites for hydroxylation is 4. The molecule has 0 fully saturated rings. The lowest BCUT2D eigenvalue weighted by Crippen LogP contribution is -2.27. The van der Waals surface area contributed by atoms with Crippen molar-refractivity contribution in [3.05, 3.63) is 47.3 Å². The molecule has 0 atom stereocenters. The predicted octanol–water partition coefficient (Wildman–Crippen LogP) is 3.70. The molecule has 0 saturated heterocycles. The predicted molar refractivity (Wildman–Crippen MR) is 114 cm³/mol. The molecule has 0 aliphatic heterocycles. The summed E-state index contributed by atoms with van der Waals surface area (Å²) in [6, 6.07) is 10.1. The summed E-state index contributed by atoms with van der Waals surface area (Å²) in [5, 5.41) is 19.6. The Balaban J connectivity index is 1.36. The van der Waals surface area contributed by atoms with Crippen molar-refractivity contribution >= 4 is 39.8 Å². The van der Waals surface area contributed by atoms with Crippen molar-refractivity contribution in [1.29, 1.82) is 0 Å². The van der Waals surface area contributed by atoms with E-state index in [2.05, 4.69) is 32.0 Å². The fourth-order valence-electron chi connectivity index (χ4n) is 2.70. The Kier molecular flexibility index (Phi) is 7.05. The van der Waals surface area contributed by atoms with Gasteiger partial charge in [0.25, 0.3) is 0 Å². The van der Waals surface area contributed by atoms with Crippen LogP contribution < -0.4 is 10.6 Å². The Morgan fingerprint density at radius 1 is 1.21 bits per heavy atom. The number of nitrogens with zero attached hydrogens (tertiary/aromatic N) is 4. The molecule has 2 N–H and O–H groups in total. The average molecular weight is 417 g/mol. The SMILES string of the molecule is Cc1cccc(Nc2nnc(SCC(=O)NCCCn3nc(C)cc3C)s2)c1.